The van der Waals surface area contributed by atoms with Crippen LogP contribution < -0.4 is 11.1 Å². The number of rotatable bonds is 11. The van der Waals surface area contributed by atoms with Gasteiger partial charge in [0.1, 0.15) is 22.9 Å². The first kappa shape index (κ1) is 45.8. The number of carbonyl (C=O) groups is 5. The van der Waals surface area contributed by atoms with Gasteiger partial charge in [-0.25, -0.2) is 9.78 Å². The fourth-order valence-electron chi connectivity index (χ4n) is 8.27. The van der Waals surface area contributed by atoms with Gasteiger partial charge < -0.3 is 45.5 Å². The van der Waals surface area contributed by atoms with Gasteiger partial charge in [-0.05, 0) is 83.0 Å². The van der Waals surface area contributed by atoms with Gasteiger partial charge in [-0.3, -0.25) is 29.3 Å². The van der Waals surface area contributed by atoms with Crippen molar-refractivity contribution in [3.63, 3.8) is 0 Å². The Morgan fingerprint density at radius 1 is 0.953 bits per heavy atom. The molecule has 18 nitrogen and oxygen atoms in total. The molecule has 4 amide bonds. The molecule has 3 fully saturated rings. The number of piperidine rings is 1. The van der Waals surface area contributed by atoms with E-state index in [-0.39, 0.29) is 95.1 Å². The lowest BCUT2D eigenvalue weighted by atomic mass is 9.82. The highest BCUT2D eigenvalue weighted by Gasteiger charge is 2.43. The van der Waals surface area contributed by atoms with E-state index in [1.807, 2.05) is 5.10 Å². The molecule has 0 aliphatic carbocycles. The van der Waals surface area contributed by atoms with Crippen molar-refractivity contribution in [1.82, 2.24) is 44.7 Å². The summed E-state index contributed by atoms with van der Waals surface area (Å²) in [4.78, 5) is 83.4. The second-order valence-electron chi connectivity index (χ2n) is 17.3. The van der Waals surface area contributed by atoms with Crippen LogP contribution in [0.4, 0.5) is 29.3 Å². The van der Waals surface area contributed by atoms with Crippen LogP contribution in [-0.2, 0) is 26.9 Å². The number of imidazole rings is 1. The number of nitrogens with one attached hydrogen (secondary N) is 3. The van der Waals surface area contributed by atoms with Crippen molar-refractivity contribution in [3.8, 4) is 11.4 Å². The van der Waals surface area contributed by atoms with Crippen molar-refractivity contribution in [3.05, 3.63) is 76.1 Å². The van der Waals surface area contributed by atoms with E-state index >= 15 is 0 Å². The largest absolute Gasteiger partial charge is 0.465 e. The number of benzene rings is 1. The average molecular weight is 912 g/mol. The van der Waals surface area contributed by atoms with Crippen LogP contribution in [-0.4, -0.2) is 144 Å². The van der Waals surface area contributed by atoms with Crippen LogP contribution in [0.2, 0.25) is 5.02 Å². The molecule has 6 N–H and O–H groups in total. The van der Waals surface area contributed by atoms with Crippen LogP contribution in [0, 0.1) is 17.8 Å². The zero-order chi connectivity index (χ0) is 46.1. The fourth-order valence-corrected chi connectivity index (χ4v) is 8.53. The van der Waals surface area contributed by atoms with Crippen LogP contribution in [0.5, 0.6) is 0 Å². The number of nitrogens with two attached hydrogens (primary N) is 1. The summed E-state index contributed by atoms with van der Waals surface area (Å²) in [6.07, 6.45) is -2.25. The Morgan fingerprint density at radius 3 is 2.25 bits per heavy atom. The van der Waals surface area contributed by atoms with Gasteiger partial charge in [0.2, 0.25) is 5.91 Å². The van der Waals surface area contributed by atoms with E-state index in [2.05, 4.69) is 30.3 Å². The van der Waals surface area contributed by atoms with Crippen LogP contribution in [0.25, 0.3) is 11.4 Å². The monoisotopic (exact) mass is 911 g/mol. The zero-order valence-corrected chi connectivity index (χ0v) is 36.1. The molecule has 0 unspecified atom stereocenters. The molecule has 1 aromatic carbocycles. The zero-order valence-electron chi connectivity index (χ0n) is 35.4. The summed E-state index contributed by atoms with van der Waals surface area (Å²) in [5.74, 6) is -3.23. The summed E-state index contributed by atoms with van der Waals surface area (Å²) in [6, 6.07) is 7.25. The van der Waals surface area contributed by atoms with Gasteiger partial charge in [0.15, 0.2) is 5.82 Å². The minimum atomic E-state index is -4.76. The van der Waals surface area contributed by atoms with Gasteiger partial charge in [0, 0.05) is 81.3 Å². The molecule has 342 valence electrons. The minimum Gasteiger partial charge on any atom is -0.465 e. The maximum atomic E-state index is 14.1. The average Bonchev–Trinajstić information content (AvgIpc) is 3.87. The number of carboxylic acid groups (broad SMARTS) is 1. The number of alkyl halides is 3. The number of ether oxygens (including phenoxy) is 1. The minimum absolute atomic E-state index is 0.0396. The van der Waals surface area contributed by atoms with Gasteiger partial charge in [0.25, 0.3) is 11.8 Å². The Morgan fingerprint density at radius 2 is 1.64 bits per heavy atom. The van der Waals surface area contributed by atoms with Crippen molar-refractivity contribution in [1.29, 1.82) is 0 Å². The summed E-state index contributed by atoms with van der Waals surface area (Å²) >= 11 is 6.56. The number of halogens is 4. The third-order valence-electron chi connectivity index (χ3n) is 11.5. The fraction of sp³-hybridized carbons (Fsp3) is 0.476. The van der Waals surface area contributed by atoms with Crippen molar-refractivity contribution in [2.45, 2.75) is 51.8 Å². The number of hydrogen-bond acceptors (Lipinski definition) is 11. The second-order valence-corrected chi connectivity index (χ2v) is 17.7. The topological polar surface area (TPSA) is 236 Å². The molecule has 0 bridgehead atoms. The number of carbonyl (C=O) groups excluding carboxylic acids is 4. The normalized spacial score (nSPS) is 17.2. The molecule has 1 atom stereocenters. The number of amides is 4. The number of anilines is 2. The number of piperazine rings is 1. The molecule has 22 heteroatoms. The summed E-state index contributed by atoms with van der Waals surface area (Å²) in [5.41, 5.74) is 4.60. The van der Waals surface area contributed by atoms with E-state index in [9.17, 15) is 37.1 Å². The van der Waals surface area contributed by atoms with Crippen molar-refractivity contribution in [2.24, 2.45) is 17.8 Å². The lowest BCUT2D eigenvalue weighted by molar-refractivity contribution is -0.168. The van der Waals surface area contributed by atoms with Gasteiger partial charge in [0.05, 0.1) is 28.2 Å². The Balaban J connectivity index is 0.940. The number of esters is 1. The maximum absolute atomic E-state index is 14.1. The molecule has 6 heterocycles. The summed E-state index contributed by atoms with van der Waals surface area (Å²) in [7, 11) is 0. The summed E-state index contributed by atoms with van der Waals surface area (Å²) < 4.78 is 47.5. The Labute approximate surface area is 370 Å². The Bertz CT molecular complexity index is 2380. The summed E-state index contributed by atoms with van der Waals surface area (Å²) in [5, 5.41) is 17.7. The molecular formula is C42H49ClF3N11O7. The van der Waals surface area contributed by atoms with Gasteiger partial charge in [-0.2, -0.15) is 18.3 Å². The lowest BCUT2D eigenvalue weighted by Gasteiger charge is -2.43. The number of likely N-dealkylation sites (tertiary alicyclic amines) is 2. The van der Waals surface area contributed by atoms with Crippen LogP contribution >= 0.6 is 11.6 Å². The molecule has 3 aromatic heterocycles. The standard InChI is InChI=1S/C42H49ClF3N11O7/c1-41(2,3)64-39(61)32(24-8-10-54(11-9-24)20-23-21-57(22-23)40(62)63)38(60)56-14-12-55(13-15-56)37(59)28-6-5-26(17-30(28)43)51-36(58)35-49-19-27(50-35)16-29-33(31-7-4-25(47)18-48-31)52-53-34(29)42(44,45)46/h4-7,17-19,23-24,32H,8-16,20-22,47H2,1-3H3,(H,49,50)(H,51,58)(H,52,53)(H,62,63)/t32-/m1/s1. The van der Waals surface area contributed by atoms with E-state index in [1.165, 1.54) is 47.6 Å². The highest BCUT2D eigenvalue weighted by molar-refractivity contribution is 6.34. The van der Waals surface area contributed by atoms with E-state index < -0.39 is 47.3 Å². The summed E-state index contributed by atoms with van der Waals surface area (Å²) in [6.45, 7) is 9.06. The first-order valence-electron chi connectivity index (χ1n) is 20.8. The van der Waals surface area contributed by atoms with E-state index in [4.69, 9.17) is 27.2 Å². The molecule has 0 spiro atoms. The first-order valence-corrected chi connectivity index (χ1v) is 21.1. The maximum Gasteiger partial charge on any atom is 0.433 e. The number of H-pyrrole nitrogens is 2. The molecule has 3 saturated heterocycles. The lowest BCUT2D eigenvalue weighted by Crippen LogP contribution is -2.56. The number of aromatic amines is 2. The predicted octanol–water partition coefficient (Wildman–Crippen LogP) is 4.86. The molecule has 7 rings (SSSR count). The quantitative estimate of drug-likeness (QED) is 0.100. The van der Waals surface area contributed by atoms with Crippen molar-refractivity contribution < 1.29 is 47.0 Å². The number of hydrogen-bond donors (Lipinski definition) is 5. The van der Waals surface area contributed by atoms with Crippen LogP contribution in [0.15, 0.2) is 42.7 Å². The van der Waals surface area contributed by atoms with Crippen molar-refractivity contribution in [2.75, 3.05) is 70.0 Å². The third-order valence-corrected chi connectivity index (χ3v) is 11.8. The number of nitrogens with zero attached hydrogens (tertiary/aromatic N) is 7. The smallest absolute Gasteiger partial charge is 0.433 e. The highest BCUT2D eigenvalue weighted by Crippen LogP contribution is 2.36. The second kappa shape index (κ2) is 18.5. The first-order chi connectivity index (χ1) is 30.2. The number of nitrogen functional groups attached to an aromatic ring is 1. The predicted molar refractivity (Wildman–Crippen MR) is 226 cm³/mol. The molecular weight excluding hydrogens is 863 g/mol. The van der Waals surface area contributed by atoms with E-state index in [0.29, 0.717) is 44.7 Å². The SMILES string of the molecule is CC(C)(C)OC(=O)[C@@H](C(=O)N1CCN(C(=O)c2ccc(NC(=O)c3ncc(Cc4c(-c5ccc(N)cn5)n[nH]c4C(F)(F)F)[nH]3)cc2Cl)CC1)C1CCN(CC2CN(C(=O)O)C2)CC1. The van der Waals surface area contributed by atoms with Crippen molar-refractivity contribution >= 4 is 52.8 Å². The van der Waals surface area contributed by atoms with Crippen LogP contribution in [0.1, 0.15) is 71.5 Å². The van der Waals surface area contributed by atoms with Gasteiger partial charge in [-0.15, -0.1) is 0 Å². The number of pyridine rings is 1. The van der Waals surface area contributed by atoms with Gasteiger partial charge >= 0.3 is 18.2 Å². The molecule has 64 heavy (non-hydrogen) atoms. The Hall–Kier alpha value is -6.22. The van der Waals surface area contributed by atoms with Gasteiger partial charge in [-0.1, -0.05) is 11.6 Å². The van der Waals surface area contributed by atoms with Crippen LogP contribution in [0.3, 0.4) is 0 Å². The van der Waals surface area contributed by atoms with E-state index in [1.54, 1.807) is 30.6 Å². The number of aromatic nitrogens is 5. The van der Waals surface area contributed by atoms with E-state index in [0.717, 1.165) is 6.54 Å². The highest BCUT2D eigenvalue weighted by atomic mass is 35.5. The molecule has 4 aromatic rings. The molecule has 3 aliphatic rings. The third kappa shape index (κ3) is 10.6. The molecule has 3 aliphatic heterocycles. The Kier molecular flexibility index (Phi) is 13.2. The molecule has 0 saturated carbocycles. The molecule has 0 radical (unpaired) electrons.